The van der Waals surface area contributed by atoms with Crippen molar-refractivity contribution in [2.24, 2.45) is 5.92 Å². The van der Waals surface area contributed by atoms with E-state index in [4.69, 9.17) is 10.00 Å². The molecule has 1 aliphatic rings. The van der Waals surface area contributed by atoms with Crippen molar-refractivity contribution in [3.63, 3.8) is 0 Å². The Kier molecular flexibility index (Phi) is 4.69. The topological polar surface area (TPSA) is 109 Å². The Morgan fingerprint density at radius 2 is 2.21 bits per heavy atom. The molecule has 0 spiro atoms. The highest BCUT2D eigenvalue weighted by Crippen LogP contribution is 2.28. The summed E-state index contributed by atoms with van der Waals surface area (Å²) in [5.74, 6) is 0.770. The van der Waals surface area contributed by atoms with Crippen molar-refractivity contribution in [3.05, 3.63) is 18.5 Å². The molecule has 3 rings (SSSR count). The molecule has 0 bridgehead atoms. The maximum absolute atomic E-state index is 12.1. The van der Waals surface area contributed by atoms with Crippen LogP contribution in [0.3, 0.4) is 0 Å². The highest BCUT2D eigenvalue weighted by atomic mass is 19.3. The van der Waals surface area contributed by atoms with Crippen molar-refractivity contribution < 1.29 is 18.3 Å². The Balaban J connectivity index is 1.61. The Hall–Kier alpha value is -2.96. The van der Waals surface area contributed by atoms with Crippen LogP contribution in [0, 0.1) is 17.2 Å². The minimum absolute atomic E-state index is 0.0154. The molecule has 2 N–H and O–H groups in total. The van der Waals surface area contributed by atoms with Gasteiger partial charge in [-0.1, -0.05) is 0 Å². The molecule has 0 unspecified atom stereocenters. The third kappa shape index (κ3) is 4.07. The normalized spacial score (nSPS) is 19.9. The Bertz CT molecular complexity index is 732. The SMILES string of the molecule is N#C[C@H]1CC[C@H](Oc2cncc(Nc3cc(OC(F)F)[nH]n3)n2)C1. The number of ether oxygens (including phenoxy) is 2. The van der Waals surface area contributed by atoms with Crippen molar-refractivity contribution in [3.8, 4) is 17.8 Å². The van der Waals surface area contributed by atoms with Gasteiger partial charge in [0.05, 0.1) is 18.5 Å². The van der Waals surface area contributed by atoms with Gasteiger partial charge in [0.2, 0.25) is 11.8 Å². The highest BCUT2D eigenvalue weighted by Gasteiger charge is 2.26. The zero-order chi connectivity index (χ0) is 16.9. The number of anilines is 2. The van der Waals surface area contributed by atoms with Gasteiger partial charge in [0.15, 0.2) is 11.6 Å². The average molecular weight is 336 g/mol. The fourth-order valence-electron chi connectivity index (χ4n) is 2.46. The number of hydrogen-bond donors (Lipinski definition) is 2. The third-order valence-corrected chi connectivity index (χ3v) is 3.49. The Labute approximate surface area is 135 Å². The van der Waals surface area contributed by atoms with E-state index in [2.05, 4.69) is 36.3 Å². The molecular weight excluding hydrogens is 322 g/mol. The Morgan fingerprint density at radius 1 is 1.33 bits per heavy atom. The monoisotopic (exact) mass is 336 g/mol. The van der Waals surface area contributed by atoms with Crippen LogP contribution in [0.15, 0.2) is 18.5 Å². The molecule has 0 radical (unpaired) electrons. The summed E-state index contributed by atoms with van der Waals surface area (Å²) in [6, 6.07) is 3.51. The van der Waals surface area contributed by atoms with E-state index in [9.17, 15) is 8.78 Å². The molecule has 24 heavy (non-hydrogen) atoms. The summed E-state index contributed by atoms with van der Waals surface area (Å²) in [6.45, 7) is -2.93. The first-order valence-electron chi connectivity index (χ1n) is 7.28. The van der Waals surface area contributed by atoms with Crippen LogP contribution >= 0.6 is 0 Å². The van der Waals surface area contributed by atoms with Gasteiger partial charge in [-0.3, -0.25) is 4.98 Å². The molecule has 2 aromatic heterocycles. The summed E-state index contributed by atoms with van der Waals surface area (Å²) in [7, 11) is 0. The zero-order valence-electron chi connectivity index (χ0n) is 12.4. The number of aromatic amines is 1. The largest absolute Gasteiger partial charge is 0.473 e. The number of H-pyrrole nitrogens is 1. The van der Waals surface area contributed by atoms with Gasteiger partial charge in [-0.05, 0) is 12.8 Å². The summed E-state index contributed by atoms with van der Waals surface area (Å²) in [5, 5.41) is 17.8. The number of alkyl halides is 2. The maximum Gasteiger partial charge on any atom is 0.388 e. The molecule has 2 atom stereocenters. The molecule has 1 aliphatic carbocycles. The number of nitrogens with one attached hydrogen (secondary N) is 2. The van der Waals surface area contributed by atoms with Crippen LogP contribution in [0.25, 0.3) is 0 Å². The van der Waals surface area contributed by atoms with Crippen LogP contribution in [0.1, 0.15) is 19.3 Å². The maximum atomic E-state index is 12.1. The van der Waals surface area contributed by atoms with Crippen molar-refractivity contribution in [2.75, 3.05) is 5.32 Å². The lowest BCUT2D eigenvalue weighted by Gasteiger charge is -2.12. The average Bonchev–Trinajstić information content (AvgIpc) is 3.16. The van der Waals surface area contributed by atoms with Gasteiger partial charge in [-0.25, -0.2) is 5.10 Å². The highest BCUT2D eigenvalue weighted by molar-refractivity contribution is 5.51. The van der Waals surface area contributed by atoms with Crippen LogP contribution in [0.4, 0.5) is 20.4 Å². The van der Waals surface area contributed by atoms with Crippen LogP contribution in [0.5, 0.6) is 11.8 Å². The Morgan fingerprint density at radius 3 is 2.96 bits per heavy atom. The predicted octanol–water partition coefficient (Wildman–Crippen LogP) is 2.62. The van der Waals surface area contributed by atoms with E-state index in [0.29, 0.717) is 18.1 Å². The number of aromatic nitrogens is 4. The van der Waals surface area contributed by atoms with E-state index in [0.717, 1.165) is 12.8 Å². The number of hydrogen-bond acceptors (Lipinski definition) is 7. The molecule has 1 fully saturated rings. The van der Waals surface area contributed by atoms with E-state index in [1.165, 1.54) is 18.5 Å². The molecule has 0 saturated heterocycles. The molecule has 0 aromatic carbocycles. The number of nitriles is 1. The van der Waals surface area contributed by atoms with Crippen LogP contribution in [-0.2, 0) is 0 Å². The second kappa shape index (κ2) is 7.08. The number of halogens is 2. The van der Waals surface area contributed by atoms with E-state index >= 15 is 0 Å². The van der Waals surface area contributed by atoms with Gasteiger partial charge in [0.25, 0.3) is 0 Å². The van der Waals surface area contributed by atoms with Gasteiger partial charge in [0.1, 0.15) is 6.10 Å². The minimum atomic E-state index is -2.93. The first-order valence-corrected chi connectivity index (χ1v) is 7.28. The predicted molar refractivity (Wildman–Crippen MR) is 77.9 cm³/mol. The van der Waals surface area contributed by atoms with Gasteiger partial charge < -0.3 is 14.8 Å². The lowest BCUT2D eigenvalue weighted by atomic mass is 10.1. The molecule has 10 heteroatoms. The molecule has 8 nitrogen and oxygen atoms in total. The van der Waals surface area contributed by atoms with E-state index < -0.39 is 6.61 Å². The van der Waals surface area contributed by atoms with E-state index in [1.54, 1.807) is 0 Å². The molecule has 0 aliphatic heterocycles. The quantitative estimate of drug-likeness (QED) is 0.834. The lowest BCUT2D eigenvalue weighted by Crippen LogP contribution is -2.13. The zero-order valence-corrected chi connectivity index (χ0v) is 12.4. The van der Waals surface area contributed by atoms with Crippen LogP contribution in [0.2, 0.25) is 0 Å². The summed E-state index contributed by atoms with van der Waals surface area (Å²) >= 11 is 0. The lowest BCUT2D eigenvalue weighted by molar-refractivity contribution is -0.0528. The summed E-state index contributed by atoms with van der Waals surface area (Å²) in [4.78, 5) is 8.24. The third-order valence-electron chi connectivity index (χ3n) is 3.49. The van der Waals surface area contributed by atoms with Crippen molar-refractivity contribution in [1.82, 2.24) is 20.2 Å². The standard InChI is InChI=1S/C14H14F2N6O2/c15-14(16)24-12-4-10(21-22-12)19-11-6-18-7-13(20-11)23-9-2-1-8(3-9)5-17/h4,6-9,14H,1-3H2,(H2,19,20,21,22)/t8-,9-/m0/s1. The molecular formula is C14H14F2N6O2. The van der Waals surface area contributed by atoms with Crippen LogP contribution in [-0.4, -0.2) is 32.9 Å². The minimum Gasteiger partial charge on any atom is -0.473 e. The van der Waals surface area contributed by atoms with Crippen LogP contribution < -0.4 is 14.8 Å². The number of nitrogens with zero attached hydrogens (tertiary/aromatic N) is 4. The molecule has 0 amide bonds. The van der Waals surface area contributed by atoms with Gasteiger partial charge in [-0.15, -0.1) is 0 Å². The summed E-state index contributed by atoms with van der Waals surface area (Å²) in [6.07, 6.45) is 5.14. The first-order chi connectivity index (χ1) is 11.6. The fourth-order valence-corrected chi connectivity index (χ4v) is 2.46. The number of rotatable bonds is 6. The van der Waals surface area contributed by atoms with Crippen molar-refractivity contribution >= 4 is 11.6 Å². The van der Waals surface area contributed by atoms with Gasteiger partial charge >= 0.3 is 6.61 Å². The van der Waals surface area contributed by atoms with E-state index in [1.807, 2.05) is 0 Å². The van der Waals surface area contributed by atoms with Gasteiger partial charge in [0, 0.05) is 18.4 Å². The fraction of sp³-hybridized carbons (Fsp3) is 0.429. The smallest absolute Gasteiger partial charge is 0.388 e. The summed E-state index contributed by atoms with van der Waals surface area (Å²) < 4.78 is 34.1. The van der Waals surface area contributed by atoms with Crippen molar-refractivity contribution in [1.29, 1.82) is 5.26 Å². The molecule has 126 valence electrons. The molecule has 2 aromatic rings. The second-order valence-corrected chi connectivity index (χ2v) is 5.24. The summed E-state index contributed by atoms with van der Waals surface area (Å²) in [5.41, 5.74) is 0. The molecule has 1 saturated carbocycles. The first kappa shape index (κ1) is 15.9. The molecule has 2 heterocycles. The second-order valence-electron chi connectivity index (χ2n) is 5.24. The van der Waals surface area contributed by atoms with Gasteiger partial charge in [-0.2, -0.15) is 24.1 Å². The van der Waals surface area contributed by atoms with E-state index in [-0.39, 0.29) is 23.7 Å². The van der Waals surface area contributed by atoms with Crippen molar-refractivity contribution in [2.45, 2.75) is 32.0 Å².